The molecule has 1 aliphatic heterocycles. The number of thiazole rings is 1. The molecule has 0 saturated heterocycles. The maximum absolute atomic E-state index is 12.7. The van der Waals surface area contributed by atoms with E-state index in [2.05, 4.69) is 11.4 Å². The number of aromatic nitrogens is 1. The lowest BCUT2D eigenvalue weighted by Gasteiger charge is -2.25. The summed E-state index contributed by atoms with van der Waals surface area (Å²) in [4.78, 5) is 33.4. The lowest BCUT2D eigenvalue weighted by Crippen LogP contribution is -2.35. The van der Waals surface area contributed by atoms with Gasteiger partial charge in [0.05, 0.1) is 23.9 Å². The number of fused-ring (bicyclic) bond motifs is 2. The lowest BCUT2D eigenvalue weighted by molar-refractivity contribution is -0.111. The molecule has 0 radical (unpaired) electrons. The van der Waals surface area contributed by atoms with Gasteiger partial charge in [0.2, 0.25) is 5.91 Å². The van der Waals surface area contributed by atoms with E-state index in [1.165, 1.54) is 18.4 Å². The largest absolute Gasteiger partial charge is 0.453 e. The van der Waals surface area contributed by atoms with Gasteiger partial charge in [-0.2, -0.15) is 0 Å². The van der Waals surface area contributed by atoms with E-state index in [9.17, 15) is 9.59 Å². The number of carbonyl (C=O) groups is 2. The number of amides is 2. The van der Waals surface area contributed by atoms with Gasteiger partial charge in [-0.1, -0.05) is 18.2 Å². The van der Waals surface area contributed by atoms with Crippen molar-refractivity contribution in [3.63, 3.8) is 0 Å². The molecule has 4 aromatic rings. The van der Waals surface area contributed by atoms with Crippen LogP contribution in [0.3, 0.4) is 0 Å². The number of hydrogen-bond donors (Lipinski definition) is 1. The number of ether oxygens (including phenoxy) is 1. The van der Waals surface area contributed by atoms with Gasteiger partial charge >= 0.3 is 6.09 Å². The van der Waals surface area contributed by atoms with Crippen molar-refractivity contribution >= 4 is 67.3 Å². The van der Waals surface area contributed by atoms with Crippen molar-refractivity contribution in [1.82, 2.24) is 9.88 Å². The normalized spacial score (nSPS) is 13.5. The highest BCUT2D eigenvalue weighted by atomic mass is 32.1. The van der Waals surface area contributed by atoms with Crippen molar-refractivity contribution in [1.29, 1.82) is 0 Å². The van der Waals surface area contributed by atoms with Crippen molar-refractivity contribution in [2.24, 2.45) is 0 Å². The Morgan fingerprint density at radius 2 is 2.06 bits per heavy atom. The first-order valence-corrected chi connectivity index (χ1v) is 12.5. The third-order valence-electron chi connectivity index (χ3n) is 5.18. The van der Waals surface area contributed by atoms with Crippen LogP contribution in [-0.2, 0) is 22.5 Å². The van der Waals surface area contributed by atoms with E-state index in [-0.39, 0.29) is 12.0 Å². The van der Waals surface area contributed by atoms with E-state index in [0.717, 1.165) is 41.1 Å². The van der Waals surface area contributed by atoms with Crippen LogP contribution in [0.1, 0.15) is 15.3 Å². The second-order valence-corrected chi connectivity index (χ2v) is 10.3. The second-order valence-electron chi connectivity index (χ2n) is 7.17. The van der Waals surface area contributed by atoms with Crippen molar-refractivity contribution in [2.75, 3.05) is 19.0 Å². The standard InChI is InChI=1S/C23H19N3O3S3/c1-29-23(28)26-11-10-15-18(13-26)32-22(25-19(27)9-8-14-5-4-12-30-14)20(15)21-24-16-6-2-3-7-17(16)31-21/h2-9,12H,10-11,13H2,1H3,(H,25,27)/b9-8+. The summed E-state index contributed by atoms with van der Waals surface area (Å²) >= 11 is 4.70. The molecule has 0 aliphatic carbocycles. The number of nitrogens with zero attached hydrogens (tertiary/aromatic N) is 2. The van der Waals surface area contributed by atoms with Gasteiger partial charge in [-0.3, -0.25) is 4.79 Å². The Morgan fingerprint density at radius 3 is 2.84 bits per heavy atom. The van der Waals surface area contributed by atoms with Crippen molar-refractivity contribution in [3.05, 3.63) is 63.2 Å². The minimum Gasteiger partial charge on any atom is -0.453 e. The van der Waals surface area contributed by atoms with E-state index >= 15 is 0 Å². The van der Waals surface area contributed by atoms with Crippen molar-refractivity contribution in [2.45, 2.75) is 13.0 Å². The maximum atomic E-state index is 12.7. The summed E-state index contributed by atoms with van der Waals surface area (Å²) in [6.45, 7) is 1.03. The minimum atomic E-state index is -0.338. The molecular formula is C23H19N3O3S3. The Morgan fingerprint density at radius 1 is 1.19 bits per heavy atom. The van der Waals surface area contributed by atoms with Crippen LogP contribution in [0.15, 0.2) is 47.9 Å². The average molecular weight is 482 g/mol. The molecule has 4 heterocycles. The summed E-state index contributed by atoms with van der Waals surface area (Å²) in [5, 5.41) is 6.68. The zero-order chi connectivity index (χ0) is 22.1. The molecule has 0 spiro atoms. The Labute approximate surface area is 196 Å². The first-order valence-electron chi connectivity index (χ1n) is 9.98. The predicted molar refractivity (Wildman–Crippen MR) is 131 cm³/mol. The van der Waals surface area contributed by atoms with E-state index < -0.39 is 0 Å². The molecule has 0 saturated carbocycles. The van der Waals surface area contributed by atoms with Crippen LogP contribution in [0, 0.1) is 0 Å². The van der Waals surface area contributed by atoms with Gasteiger partial charge in [0.1, 0.15) is 10.0 Å². The topological polar surface area (TPSA) is 71.5 Å². The summed E-state index contributed by atoms with van der Waals surface area (Å²) < 4.78 is 6.00. The molecule has 9 heteroatoms. The number of benzene rings is 1. The average Bonchev–Trinajstić information content (AvgIpc) is 3.54. The molecule has 6 nitrogen and oxygen atoms in total. The van der Waals surface area contributed by atoms with E-state index in [4.69, 9.17) is 9.72 Å². The Hall–Kier alpha value is -3.01. The number of para-hydroxylation sites is 1. The zero-order valence-electron chi connectivity index (χ0n) is 17.2. The number of hydrogen-bond acceptors (Lipinski definition) is 7. The fourth-order valence-electron chi connectivity index (χ4n) is 3.68. The van der Waals surface area contributed by atoms with Crippen LogP contribution in [0.4, 0.5) is 9.80 Å². The summed E-state index contributed by atoms with van der Waals surface area (Å²) in [6.07, 6.45) is 3.71. The van der Waals surface area contributed by atoms with Crippen LogP contribution in [0.25, 0.3) is 26.9 Å². The molecule has 0 unspecified atom stereocenters. The van der Waals surface area contributed by atoms with Gasteiger partial charge in [0, 0.05) is 27.9 Å². The first-order chi connectivity index (χ1) is 15.6. The fourth-order valence-corrected chi connectivity index (χ4v) is 6.67. The highest BCUT2D eigenvalue weighted by molar-refractivity contribution is 7.23. The highest BCUT2D eigenvalue weighted by Crippen LogP contribution is 2.45. The first kappa shape index (κ1) is 20.9. The molecule has 5 rings (SSSR count). The van der Waals surface area contributed by atoms with Gasteiger partial charge < -0.3 is 15.0 Å². The molecule has 1 N–H and O–H groups in total. The number of anilines is 1. The van der Waals surface area contributed by atoms with Gasteiger partial charge in [-0.05, 0) is 41.6 Å². The lowest BCUT2D eigenvalue weighted by atomic mass is 10.0. The smallest absolute Gasteiger partial charge is 0.409 e. The Bertz CT molecular complexity index is 1290. The number of nitrogens with one attached hydrogen (secondary N) is 1. The minimum absolute atomic E-state index is 0.191. The number of carbonyl (C=O) groups excluding carboxylic acids is 2. The molecule has 0 atom stereocenters. The van der Waals surface area contributed by atoms with Gasteiger partial charge in [0.25, 0.3) is 0 Å². The van der Waals surface area contributed by atoms with Crippen LogP contribution in [0.2, 0.25) is 0 Å². The molecular weight excluding hydrogens is 462 g/mol. The molecule has 162 valence electrons. The van der Waals surface area contributed by atoms with E-state index in [0.29, 0.717) is 19.5 Å². The highest BCUT2D eigenvalue weighted by Gasteiger charge is 2.29. The van der Waals surface area contributed by atoms with Crippen molar-refractivity contribution < 1.29 is 14.3 Å². The number of thiophene rings is 2. The van der Waals surface area contributed by atoms with E-state index in [1.807, 2.05) is 41.8 Å². The fraction of sp³-hybridized carbons (Fsp3) is 0.174. The molecule has 2 amide bonds. The third kappa shape index (κ3) is 4.06. The SMILES string of the molecule is COC(=O)N1CCc2c(sc(NC(=O)/C=C/c3cccs3)c2-c2nc3ccccc3s2)C1. The molecule has 3 aromatic heterocycles. The quantitative estimate of drug-likeness (QED) is 0.371. The van der Waals surface area contributed by atoms with Gasteiger partial charge in [0.15, 0.2) is 0 Å². The van der Waals surface area contributed by atoms with Crippen LogP contribution in [-0.4, -0.2) is 35.5 Å². The van der Waals surface area contributed by atoms with Gasteiger partial charge in [-0.25, -0.2) is 9.78 Å². The summed E-state index contributed by atoms with van der Waals surface area (Å²) in [6, 6.07) is 11.9. The van der Waals surface area contributed by atoms with Crippen molar-refractivity contribution in [3.8, 4) is 10.6 Å². The number of rotatable bonds is 4. The van der Waals surface area contributed by atoms with Crippen LogP contribution >= 0.6 is 34.0 Å². The Balaban J connectivity index is 1.52. The second kappa shape index (κ2) is 8.85. The molecule has 0 bridgehead atoms. The molecule has 1 aliphatic rings. The van der Waals surface area contributed by atoms with Crippen LogP contribution in [0.5, 0.6) is 0 Å². The molecule has 1 aromatic carbocycles. The van der Waals surface area contributed by atoms with E-state index in [1.54, 1.807) is 33.6 Å². The summed E-state index contributed by atoms with van der Waals surface area (Å²) in [5.74, 6) is -0.191. The molecule has 32 heavy (non-hydrogen) atoms. The number of methoxy groups -OCH3 is 1. The van der Waals surface area contributed by atoms with Crippen LogP contribution < -0.4 is 5.32 Å². The molecule has 0 fully saturated rings. The Kier molecular flexibility index (Phi) is 5.77. The predicted octanol–water partition coefficient (Wildman–Crippen LogP) is 5.86. The maximum Gasteiger partial charge on any atom is 0.409 e. The third-order valence-corrected chi connectivity index (χ3v) is 8.20. The summed E-state index contributed by atoms with van der Waals surface area (Å²) in [5.41, 5.74) is 3.05. The summed E-state index contributed by atoms with van der Waals surface area (Å²) in [7, 11) is 1.39. The zero-order valence-corrected chi connectivity index (χ0v) is 19.6. The monoisotopic (exact) mass is 481 g/mol. The van der Waals surface area contributed by atoms with Gasteiger partial charge in [-0.15, -0.1) is 34.0 Å².